The average molecular weight is 393 g/mol. The van der Waals surface area contributed by atoms with E-state index >= 15 is 0 Å². The number of rotatable bonds is 7. The average Bonchev–Trinajstić information content (AvgIpc) is 3.51. The first-order chi connectivity index (χ1) is 14.1. The Morgan fingerprint density at radius 3 is 2.79 bits per heavy atom. The van der Waals surface area contributed by atoms with Gasteiger partial charge in [-0.2, -0.15) is 0 Å². The number of nitrogens with zero attached hydrogens (tertiary/aromatic N) is 3. The second-order valence-electron chi connectivity index (χ2n) is 8.64. The first kappa shape index (κ1) is 18.5. The van der Waals surface area contributed by atoms with Crippen LogP contribution in [0.25, 0.3) is 16.6 Å². The molecule has 0 bridgehead atoms. The highest BCUT2D eigenvalue weighted by Crippen LogP contribution is 2.36. The molecule has 152 valence electrons. The van der Waals surface area contributed by atoms with E-state index < -0.39 is 0 Å². The molecule has 3 fully saturated rings. The molecule has 1 aromatic carbocycles. The monoisotopic (exact) mass is 392 g/mol. The largest absolute Gasteiger partial charge is 0.389 e. The summed E-state index contributed by atoms with van der Waals surface area (Å²) in [7, 11) is 0. The van der Waals surface area contributed by atoms with Crippen LogP contribution in [0.1, 0.15) is 31.4 Å². The van der Waals surface area contributed by atoms with E-state index in [4.69, 9.17) is 21.1 Å². The molecule has 1 aliphatic heterocycles. The van der Waals surface area contributed by atoms with Crippen LogP contribution in [0.4, 0.5) is 5.69 Å². The van der Waals surface area contributed by atoms with Crippen molar-refractivity contribution in [1.82, 2.24) is 15.3 Å². The van der Waals surface area contributed by atoms with E-state index in [0.717, 1.165) is 60.2 Å². The van der Waals surface area contributed by atoms with Crippen LogP contribution in [0.2, 0.25) is 0 Å². The van der Waals surface area contributed by atoms with Gasteiger partial charge in [-0.1, -0.05) is 6.07 Å². The van der Waals surface area contributed by atoms with Gasteiger partial charge in [0, 0.05) is 42.5 Å². The summed E-state index contributed by atoms with van der Waals surface area (Å²) in [4.78, 5) is 11.7. The third kappa shape index (κ3) is 3.60. The van der Waals surface area contributed by atoms with Gasteiger partial charge in [0.05, 0.1) is 29.2 Å². The van der Waals surface area contributed by atoms with E-state index in [-0.39, 0.29) is 6.10 Å². The van der Waals surface area contributed by atoms with Crippen LogP contribution in [0, 0.1) is 17.2 Å². The fourth-order valence-corrected chi connectivity index (χ4v) is 4.21. The molecule has 5 N–H and O–H groups in total. The van der Waals surface area contributed by atoms with E-state index in [1.165, 1.54) is 0 Å². The highest BCUT2D eigenvalue weighted by molar-refractivity contribution is 6.23. The van der Waals surface area contributed by atoms with Crippen LogP contribution in [-0.4, -0.2) is 52.6 Å². The molecule has 0 atom stereocenters. The first-order valence-corrected chi connectivity index (χ1v) is 10.6. The van der Waals surface area contributed by atoms with Gasteiger partial charge < -0.3 is 26.5 Å². The number of β-amino-alcohol motifs (C(OH)–C–C–N with tert-alkyl or cyclic N) is 1. The van der Waals surface area contributed by atoms with Crippen LogP contribution in [-0.2, 0) is 0 Å². The van der Waals surface area contributed by atoms with Crippen molar-refractivity contribution in [3.63, 3.8) is 0 Å². The molecule has 0 radical (unpaired) electrons. The number of anilines is 1. The van der Waals surface area contributed by atoms with E-state index in [2.05, 4.69) is 10.2 Å². The van der Waals surface area contributed by atoms with Gasteiger partial charge in [-0.3, -0.25) is 4.98 Å². The van der Waals surface area contributed by atoms with Crippen molar-refractivity contribution < 1.29 is 5.11 Å². The third-order valence-electron chi connectivity index (χ3n) is 6.34. The molecule has 0 spiro atoms. The molecule has 0 amide bonds. The summed E-state index contributed by atoms with van der Waals surface area (Å²) in [5.74, 6) is 0.957. The maximum Gasteiger partial charge on any atom is 0.112 e. The number of para-hydroxylation sites is 1. The molecule has 7 nitrogen and oxygen atoms in total. The lowest BCUT2D eigenvalue weighted by molar-refractivity contribution is 0.142. The summed E-state index contributed by atoms with van der Waals surface area (Å²) < 4.78 is 0. The molecule has 1 aromatic heterocycles. The van der Waals surface area contributed by atoms with Crippen molar-refractivity contribution >= 4 is 28.0 Å². The van der Waals surface area contributed by atoms with Crippen LogP contribution in [0.15, 0.2) is 30.6 Å². The number of nitrogens with one attached hydrogen (secondary N) is 2. The molecule has 5 rings (SSSR count). The number of hydrogen-bond acceptors (Lipinski definition) is 7. The van der Waals surface area contributed by atoms with Gasteiger partial charge in [-0.25, -0.2) is 4.98 Å². The SMILES string of the molecule is N=C(/C(=C\NC1CC(CN)C1)c1cnc2c(N3CC(O)C3)cccc2n1)C1CC1. The number of aliphatic hydroxyl groups excluding tert-OH is 1. The third-order valence-corrected chi connectivity index (χ3v) is 6.34. The molecule has 29 heavy (non-hydrogen) atoms. The fraction of sp³-hybridized carbons (Fsp3) is 0.500. The van der Waals surface area contributed by atoms with Gasteiger partial charge in [-0.15, -0.1) is 0 Å². The van der Waals surface area contributed by atoms with Gasteiger partial charge in [0.2, 0.25) is 0 Å². The number of fused-ring (bicyclic) bond motifs is 1. The quantitative estimate of drug-likeness (QED) is 0.536. The molecule has 1 saturated heterocycles. The maximum atomic E-state index is 9.63. The maximum absolute atomic E-state index is 9.63. The normalized spacial score (nSPS) is 24.9. The van der Waals surface area contributed by atoms with Crippen LogP contribution in [0.3, 0.4) is 0 Å². The first-order valence-electron chi connectivity index (χ1n) is 10.6. The van der Waals surface area contributed by atoms with Gasteiger partial charge in [0.25, 0.3) is 0 Å². The Morgan fingerprint density at radius 2 is 2.10 bits per heavy atom. The molecule has 0 unspecified atom stereocenters. The number of aliphatic hydroxyl groups is 1. The zero-order valence-corrected chi connectivity index (χ0v) is 16.5. The molecule has 2 heterocycles. The minimum absolute atomic E-state index is 0.262. The molecule has 2 aromatic rings. The zero-order valence-electron chi connectivity index (χ0n) is 16.5. The van der Waals surface area contributed by atoms with Gasteiger partial charge in [0.15, 0.2) is 0 Å². The van der Waals surface area contributed by atoms with Gasteiger partial charge >= 0.3 is 0 Å². The second-order valence-corrected chi connectivity index (χ2v) is 8.64. The van der Waals surface area contributed by atoms with Crippen molar-refractivity contribution in [2.24, 2.45) is 17.6 Å². The minimum Gasteiger partial charge on any atom is -0.389 e. The lowest BCUT2D eigenvalue weighted by Crippen LogP contribution is -2.50. The van der Waals surface area contributed by atoms with E-state index in [9.17, 15) is 5.11 Å². The summed E-state index contributed by atoms with van der Waals surface area (Å²) >= 11 is 0. The minimum atomic E-state index is -0.262. The number of allylic oxidation sites excluding steroid dienone is 1. The second kappa shape index (κ2) is 7.39. The highest BCUT2D eigenvalue weighted by atomic mass is 16.3. The number of benzene rings is 1. The molecule has 7 heteroatoms. The Balaban J connectivity index is 1.43. The van der Waals surface area contributed by atoms with Gasteiger partial charge in [-0.05, 0) is 50.3 Å². The summed E-state index contributed by atoms with van der Waals surface area (Å²) in [6.07, 6.45) is 7.84. The fourth-order valence-electron chi connectivity index (χ4n) is 4.21. The van der Waals surface area contributed by atoms with Crippen molar-refractivity contribution in [2.75, 3.05) is 24.5 Å². The molecule has 2 aliphatic carbocycles. The van der Waals surface area contributed by atoms with Crippen molar-refractivity contribution in [3.8, 4) is 0 Å². The predicted octanol–water partition coefficient (Wildman–Crippen LogP) is 1.91. The van der Waals surface area contributed by atoms with E-state index in [1.54, 1.807) is 6.20 Å². The smallest absolute Gasteiger partial charge is 0.112 e. The Bertz CT molecular complexity index is 957. The number of aromatic nitrogens is 2. The molecular weight excluding hydrogens is 364 g/mol. The molecule has 3 aliphatic rings. The standard InChI is InChI=1S/C22H28N6O/c23-8-13-6-15(7-13)25-9-17(21(24)14-4-5-14)19-10-26-22-18(27-19)2-1-3-20(22)28-11-16(29)12-28/h1-3,9-10,13-16,24-25,29H,4-8,11-12,23H2/b17-9-,24-21?. The van der Waals surface area contributed by atoms with Crippen molar-refractivity contribution in [1.29, 1.82) is 5.41 Å². The van der Waals surface area contributed by atoms with Crippen LogP contribution >= 0.6 is 0 Å². The molecule has 2 saturated carbocycles. The summed E-state index contributed by atoms with van der Waals surface area (Å²) in [5, 5.41) is 21.8. The van der Waals surface area contributed by atoms with E-state index in [1.807, 2.05) is 24.4 Å². The lowest BCUT2D eigenvalue weighted by Gasteiger charge is -2.38. The van der Waals surface area contributed by atoms with Gasteiger partial charge in [0.1, 0.15) is 5.52 Å². The summed E-state index contributed by atoms with van der Waals surface area (Å²) in [5.41, 5.74) is 10.7. The van der Waals surface area contributed by atoms with Crippen LogP contribution < -0.4 is 16.0 Å². The van der Waals surface area contributed by atoms with Crippen LogP contribution in [0.5, 0.6) is 0 Å². The summed E-state index contributed by atoms with van der Waals surface area (Å²) in [6.45, 7) is 2.02. The van der Waals surface area contributed by atoms with Crippen molar-refractivity contribution in [2.45, 2.75) is 37.8 Å². The molecular formula is C22H28N6O. The number of nitrogens with two attached hydrogens (primary N) is 1. The zero-order chi connectivity index (χ0) is 20.0. The highest BCUT2D eigenvalue weighted by Gasteiger charge is 2.31. The Hall–Kier alpha value is -2.51. The summed E-state index contributed by atoms with van der Waals surface area (Å²) in [6, 6.07) is 6.41. The topological polar surface area (TPSA) is 111 Å². The Morgan fingerprint density at radius 1 is 1.31 bits per heavy atom. The predicted molar refractivity (Wildman–Crippen MR) is 115 cm³/mol. The Kier molecular flexibility index (Phi) is 4.72. The Labute approximate surface area is 170 Å². The van der Waals surface area contributed by atoms with Crippen molar-refractivity contribution in [3.05, 3.63) is 36.3 Å². The lowest BCUT2D eigenvalue weighted by atomic mass is 9.80. The van der Waals surface area contributed by atoms with E-state index in [0.29, 0.717) is 36.7 Å². The number of hydrogen-bond donors (Lipinski definition) is 4.